The van der Waals surface area contributed by atoms with E-state index in [1.165, 1.54) is 0 Å². The summed E-state index contributed by atoms with van der Waals surface area (Å²) < 4.78 is 12.2. The number of aromatic nitrogens is 4. The number of ether oxygens (including phenoxy) is 2. The molecule has 3 aromatic heterocycles. The van der Waals surface area contributed by atoms with Gasteiger partial charge in [0.1, 0.15) is 0 Å². The van der Waals surface area contributed by atoms with E-state index in [0.29, 0.717) is 9.73 Å². The smallest absolute Gasteiger partial charge is 0.162 e. The third kappa shape index (κ3) is 4.76. The molecule has 0 saturated heterocycles. The van der Waals surface area contributed by atoms with Gasteiger partial charge in [0.25, 0.3) is 0 Å². The molecule has 4 aliphatic rings. The number of nitrogens with zero attached hydrogens (tertiary/aromatic N) is 2. The Morgan fingerprint density at radius 1 is 0.458 bits per heavy atom. The fraction of sp³-hybridized carbons (Fsp3) is 0.0500. The van der Waals surface area contributed by atoms with Crippen molar-refractivity contribution < 1.29 is 9.47 Å². The quantitative estimate of drug-likeness (QED) is 0.183. The average Bonchev–Trinajstić information content (AvgIpc) is 3.96. The predicted molar refractivity (Wildman–Crippen MR) is 201 cm³/mol. The standard InChI is InChI=1S/C40H26N4O2S2/c47-33-19-21-45-39(33)37-29-15-11-25(41-29)35(23-7-3-1-4-8-23)26-12-16-30(42-26)38(40-34(48)20-22-46-40)32-18-14-28(44-32)36(24-9-5-2-6-10-24)27-13-17-31(37)43-27/h1-22,39-41,44H. The molecular weight excluding hydrogens is 633 g/mol. The van der Waals surface area contributed by atoms with E-state index in [0.717, 1.165) is 78.2 Å². The van der Waals surface area contributed by atoms with Gasteiger partial charge in [0, 0.05) is 44.3 Å². The topological polar surface area (TPSA) is 75.8 Å². The lowest BCUT2D eigenvalue weighted by molar-refractivity contribution is 0.222. The van der Waals surface area contributed by atoms with Gasteiger partial charge >= 0.3 is 0 Å². The molecule has 48 heavy (non-hydrogen) atoms. The Bertz CT molecular complexity index is 2280. The van der Waals surface area contributed by atoms with Crippen LogP contribution in [0.25, 0.3) is 68.6 Å². The first kappa shape index (κ1) is 28.5. The van der Waals surface area contributed by atoms with Crippen LogP contribution in [0.2, 0.25) is 0 Å². The lowest BCUT2D eigenvalue weighted by atomic mass is 10.0. The maximum atomic E-state index is 6.10. The van der Waals surface area contributed by atoms with Crippen LogP contribution in [0.3, 0.4) is 0 Å². The Hall–Kier alpha value is -5.70. The Kier molecular flexibility index (Phi) is 6.85. The number of fused-ring (bicyclic) bond motifs is 8. The molecule has 0 saturated carbocycles. The van der Waals surface area contributed by atoms with Gasteiger partial charge in [-0.1, -0.05) is 85.1 Å². The highest BCUT2D eigenvalue weighted by Gasteiger charge is 2.28. The number of benzene rings is 2. The molecule has 7 heterocycles. The van der Waals surface area contributed by atoms with E-state index in [9.17, 15) is 0 Å². The first-order valence-corrected chi connectivity index (χ1v) is 16.4. The third-order valence-corrected chi connectivity index (χ3v) is 9.60. The minimum Gasteiger partial charge on any atom is -0.488 e. The van der Waals surface area contributed by atoms with Crippen LogP contribution in [-0.4, -0.2) is 29.7 Å². The van der Waals surface area contributed by atoms with Crippen LogP contribution >= 0.6 is 24.4 Å². The summed E-state index contributed by atoms with van der Waals surface area (Å²) in [6.45, 7) is 0. The summed E-state index contributed by atoms with van der Waals surface area (Å²) in [7, 11) is 0. The van der Waals surface area contributed by atoms with Crippen molar-refractivity contribution in [3.63, 3.8) is 0 Å². The highest BCUT2D eigenvalue weighted by atomic mass is 32.1. The number of nitrogens with one attached hydrogen (secondary N) is 2. The van der Waals surface area contributed by atoms with Gasteiger partial charge in [-0.2, -0.15) is 0 Å². The highest BCUT2D eigenvalue weighted by molar-refractivity contribution is 7.81. The summed E-state index contributed by atoms with van der Waals surface area (Å²) >= 11 is 11.6. The minimum absolute atomic E-state index is 0.463. The fourth-order valence-corrected chi connectivity index (χ4v) is 7.18. The maximum absolute atomic E-state index is 6.10. The predicted octanol–water partition coefficient (Wildman–Crippen LogP) is 9.90. The van der Waals surface area contributed by atoms with E-state index in [2.05, 4.69) is 70.7 Å². The molecular formula is C40H26N4O2S2. The lowest BCUT2D eigenvalue weighted by Gasteiger charge is -2.13. The SMILES string of the molecule is S=C1C=COC1c1c2nc(c(-c3ccccc3)c3ccc([nH]3)c(C3OC=CC3=S)c3nc(c(-c4ccccc4)c4ccc1[nH]4)C=C3)C=C2. The van der Waals surface area contributed by atoms with Crippen molar-refractivity contribution in [2.45, 2.75) is 12.2 Å². The van der Waals surface area contributed by atoms with Gasteiger partial charge in [-0.25, -0.2) is 9.97 Å². The van der Waals surface area contributed by atoms with E-state index in [4.69, 9.17) is 43.9 Å². The van der Waals surface area contributed by atoms with Crippen LogP contribution in [0.4, 0.5) is 0 Å². The molecule has 0 amide bonds. The summed E-state index contributed by atoms with van der Waals surface area (Å²) in [5, 5.41) is 0. The second kappa shape index (κ2) is 11.5. The second-order valence-electron chi connectivity index (χ2n) is 11.8. The van der Waals surface area contributed by atoms with Crippen LogP contribution in [0, 0.1) is 0 Å². The highest BCUT2D eigenvalue weighted by Crippen LogP contribution is 2.39. The first-order chi connectivity index (χ1) is 23.6. The molecule has 4 aliphatic heterocycles. The maximum Gasteiger partial charge on any atom is 0.162 e. The van der Waals surface area contributed by atoms with Crippen molar-refractivity contribution in [3.8, 4) is 22.3 Å². The summed E-state index contributed by atoms with van der Waals surface area (Å²) in [4.78, 5) is 19.3. The molecule has 2 unspecified atom stereocenters. The van der Waals surface area contributed by atoms with E-state index >= 15 is 0 Å². The largest absolute Gasteiger partial charge is 0.488 e. The molecule has 8 bridgehead atoms. The molecule has 2 atom stereocenters. The molecule has 0 fully saturated rings. The van der Waals surface area contributed by atoms with E-state index in [1.807, 2.05) is 60.7 Å². The van der Waals surface area contributed by atoms with Crippen molar-refractivity contribution in [3.05, 3.63) is 144 Å². The zero-order chi connectivity index (χ0) is 32.2. The molecule has 230 valence electrons. The summed E-state index contributed by atoms with van der Waals surface area (Å²) in [6, 6.07) is 28.9. The van der Waals surface area contributed by atoms with Crippen molar-refractivity contribution in [2.24, 2.45) is 0 Å². The van der Waals surface area contributed by atoms with E-state index in [1.54, 1.807) is 12.5 Å². The number of thiocarbonyl (C=S) groups is 2. The Balaban J connectivity index is 1.46. The van der Waals surface area contributed by atoms with Gasteiger partial charge in [0.2, 0.25) is 0 Å². The number of H-pyrrole nitrogens is 2. The van der Waals surface area contributed by atoms with Crippen molar-refractivity contribution in [2.75, 3.05) is 0 Å². The van der Waals surface area contributed by atoms with Gasteiger partial charge in [-0.05, 0) is 71.8 Å². The Morgan fingerprint density at radius 3 is 1.25 bits per heavy atom. The van der Waals surface area contributed by atoms with E-state index < -0.39 is 12.2 Å². The number of hydrogen-bond donors (Lipinski definition) is 2. The molecule has 8 heteroatoms. The first-order valence-electron chi connectivity index (χ1n) is 15.6. The van der Waals surface area contributed by atoms with Crippen molar-refractivity contribution in [1.82, 2.24) is 19.9 Å². The summed E-state index contributed by atoms with van der Waals surface area (Å²) in [6.07, 6.45) is 14.3. The van der Waals surface area contributed by atoms with Gasteiger partial charge in [0.15, 0.2) is 12.2 Å². The number of hydrogen-bond acceptors (Lipinski definition) is 6. The summed E-state index contributed by atoms with van der Waals surface area (Å²) in [5.74, 6) is 0. The molecule has 2 N–H and O–H groups in total. The van der Waals surface area contributed by atoms with Crippen molar-refractivity contribution >= 4 is 80.5 Å². The fourth-order valence-electron chi connectivity index (χ4n) is 6.72. The monoisotopic (exact) mass is 658 g/mol. The van der Waals surface area contributed by atoms with Gasteiger partial charge in [-0.15, -0.1) is 0 Å². The van der Waals surface area contributed by atoms with Crippen molar-refractivity contribution in [1.29, 1.82) is 0 Å². The normalized spacial score (nSPS) is 17.7. The Labute approximate surface area is 286 Å². The Morgan fingerprint density at radius 2 is 0.854 bits per heavy atom. The number of rotatable bonds is 4. The van der Waals surface area contributed by atoms with Crippen LogP contribution in [0.1, 0.15) is 46.1 Å². The molecule has 0 spiro atoms. The molecule has 6 nitrogen and oxygen atoms in total. The summed E-state index contributed by atoms with van der Waals surface area (Å²) in [5.41, 5.74) is 12.5. The zero-order valence-electron chi connectivity index (χ0n) is 25.4. The van der Waals surface area contributed by atoms with Crippen LogP contribution in [-0.2, 0) is 9.47 Å². The van der Waals surface area contributed by atoms with Gasteiger partial charge < -0.3 is 19.4 Å². The number of aromatic amines is 2. The van der Waals surface area contributed by atoms with Crippen LogP contribution < -0.4 is 0 Å². The van der Waals surface area contributed by atoms with E-state index in [-0.39, 0.29) is 0 Å². The molecule has 9 rings (SSSR count). The molecule has 0 radical (unpaired) electrons. The second-order valence-corrected chi connectivity index (χ2v) is 12.7. The van der Waals surface area contributed by atoms with Crippen LogP contribution in [0.15, 0.2) is 110 Å². The van der Waals surface area contributed by atoms with Gasteiger partial charge in [0.05, 0.1) is 45.0 Å². The average molecular weight is 659 g/mol. The van der Waals surface area contributed by atoms with Crippen LogP contribution in [0.5, 0.6) is 0 Å². The lowest BCUT2D eigenvalue weighted by Crippen LogP contribution is -2.07. The molecule has 5 aromatic rings. The zero-order valence-corrected chi connectivity index (χ0v) is 27.0. The van der Waals surface area contributed by atoms with Gasteiger partial charge in [-0.3, -0.25) is 0 Å². The molecule has 2 aromatic carbocycles. The third-order valence-electron chi connectivity index (χ3n) is 8.90. The minimum atomic E-state index is -0.463. The molecule has 0 aliphatic carbocycles.